The van der Waals surface area contributed by atoms with Crippen LogP contribution in [0.15, 0.2) is 41.4 Å². The maximum atomic E-state index is 13.6. The monoisotopic (exact) mass is 418 g/mol. The van der Waals surface area contributed by atoms with Gasteiger partial charge < -0.3 is 23.5 Å². The van der Waals surface area contributed by atoms with Crippen molar-refractivity contribution >= 4 is 33.4 Å². The zero-order valence-corrected chi connectivity index (χ0v) is 16.0. The molecule has 4 rings (SSSR count). The first-order valence-electron chi connectivity index (χ1n) is 8.50. The standard InChI is InChI=1S/C19H15FN2O6S/c1-25-18(24)8-22-12-6-14-15(28-10-27-14)7-16(12)29-19(22)21-17(23)9-26-13-5-3-2-4-11(13)20/h2-7H,8-10H2,1H3. The first-order valence-corrected chi connectivity index (χ1v) is 9.31. The van der Waals surface area contributed by atoms with Gasteiger partial charge in [-0.25, -0.2) is 4.39 Å². The number of esters is 1. The van der Waals surface area contributed by atoms with Crippen LogP contribution >= 0.6 is 11.3 Å². The lowest BCUT2D eigenvalue weighted by molar-refractivity contribution is -0.141. The molecule has 0 N–H and O–H groups in total. The van der Waals surface area contributed by atoms with Crippen molar-refractivity contribution in [2.24, 2.45) is 4.99 Å². The Bertz CT molecular complexity index is 1170. The van der Waals surface area contributed by atoms with Crippen molar-refractivity contribution in [2.75, 3.05) is 20.5 Å². The minimum absolute atomic E-state index is 0.0412. The summed E-state index contributed by atoms with van der Waals surface area (Å²) in [5.41, 5.74) is 0.645. The van der Waals surface area contributed by atoms with E-state index in [4.69, 9.17) is 18.9 Å². The molecule has 2 aromatic carbocycles. The highest BCUT2D eigenvalue weighted by Crippen LogP contribution is 2.37. The Kier molecular flexibility index (Phi) is 5.17. The van der Waals surface area contributed by atoms with Gasteiger partial charge in [-0.1, -0.05) is 23.5 Å². The van der Waals surface area contributed by atoms with Gasteiger partial charge in [-0.15, -0.1) is 0 Å². The highest BCUT2D eigenvalue weighted by molar-refractivity contribution is 7.16. The van der Waals surface area contributed by atoms with Crippen LogP contribution in [0.5, 0.6) is 17.2 Å². The van der Waals surface area contributed by atoms with E-state index in [9.17, 15) is 14.0 Å². The molecule has 0 saturated carbocycles. The zero-order chi connectivity index (χ0) is 20.4. The summed E-state index contributed by atoms with van der Waals surface area (Å²) in [6.07, 6.45) is 0. The van der Waals surface area contributed by atoms with Crippen LogP contribution in [-0.2, 0) is 20.9 Å². The summed E-state index contributed by atoms with van der Waals surface area (Å²) in [4.78, 5) is 28.5. The van der Waals surface area contributed by atoms with Crippen LogP contribution in [0.2, 0.25) is 0 Å². The van der Waals surface area contributed by atoms with Crippen molar-refractivity contribution in [2.45, 2.75) is 6.54 Å². The Morgan fingerprint density at radius 2 is 2.00 bits per heavy atom. The van der Waals surface area contributed by atoms with Crippen LogP contribution in [0.25, 0.3) is 10.2 Å². The highest BCUT2D eigenvalue weighted by atomic mass is 32.1. The number of carbonyl (C=O) groups is 2. The lowest BCUT2D eigenvalue weighted by Crippen LogP contribution is -2.23. The summed E-state index contributed by atoms with van der Waals surface area (Å²) in [6.45, 7) is -0.473. The molecule has 29 heavy (non-hydrogen) atoms. The van der Waals surface area contributed by atoms with Gasteiger partial charge in [0.2, 0.25) is 6.79 Å². The molecule has 0 aliphatic carbocycles. The summed E-state index contributed by atoms with van der Waals surface area (Å²) in [6, 6.07) is 9.25. The number of halogens is 1. The van der Waals surface area contributed by atoms with Gasteiger partial charge in [-0.2, -0.15) is 4.99 Å². The number of aromatic nitrogens is 1. The number of carbonyl (C=O) groups excluding carboxylic acids is 2. The van der Waals surface area contributed by atoms with Crippen LogP contribution in [0.3, 0.4) is 0 Å². The Balaban J connectivity index is 1.67. The fourth-order valence-electron chi connectivity index (χ4n) is 2.73. The third-order valence-corrected chi connectivity index (χ3v) is 5.14. The molecule has 0 atom stereocenters. The second-order valence-corrected chi connectivity index (χ2v) is 6.95. The normalized spacial score (nSPS) is 13.0. The van der Waals surface area contributed by atoms with Crippen LogP contribution in [0.4, 0.5) is 4.39 Å². The number of hydrogen-bond acceptors (Lipinski definition) is 7. The van der Waals surface area contributed by atoms with E-state index < -0.39 is 24.3 Å². The minimum atomic E-state index is -0.626. The number of hydrogen-bond donors (Lipinski definition) is 0. The lowest BCUT2D eigenvalue weighted by atomic mass is 10.3. The smallest absolute Gasteiger partial charge is 0.325 e. The fourth-order valence-corrected chi connectivity index (χ4v) is 3.79. The summed E-state index contributed by atoms with van der Waals surface area (Å²) >= 11 is 1.20. The van der Waals surface area contributed by atoms with E-state index in [-0.39, 0.29) is 23.9 Å². The van der Waals surface area contributed by atoms with E-state index in [0.29, 0.717) is 17.0 Å². The first kappa shape index (κ1) is 18.9. The number of methoxy groups -OCH3 is 1. The first-order chi connectivity index (χ1) is 14.0. The lowest BCUT2D eigenvalue weighted by Gasteiger charge is -2.05. The van der Waals surface area contributed by atoms with Gasteiger partial charge in [0, 0.05) is 12.1 Å². The summed E-state index contributed by atoms with van der Waals surface area (Å²) in [5, 5.41) is 0. The van der Waals surface area contributed by atoms with Gasteiger partial charge in [-0.05, 0) is 12.1 Å². The third kappa shape index (κ3) is 3.92. The number of benzene rings is 2. The number of nitrogens with zero attached hydrogens (tertiary/aromatic N) is 2. The van der Waals surface area contributed by atoms with Gasteiger partial charge in [0.25, 0.3) is 5.91 Å². The summed E-state index contributed by atoms with van der Waals surface area (Å²) < 4.78 is 36.6. The van der Waals surface area contributed by atoms with Gasteiger partial charge >= 0.3 is 5.97 Å². The van der Waals surface area contributed by atoms with Crippen molar-refractivity contribution in [1.29, 1.82) is 0 Å². The van der Waals surface area contributed by atoms with Crippen molar-refractivity contribution in [3.8, 4) is 17.2 Å². The van der Waals surface area contributed by atoms with Crippen molar-refractivity contribution in [1.82, 2.24) is 4.57 Å². The van der Waals surface area contributed by atoms with Crippen LogP contribution in [0, 0.1) is 5.82 Å². The molecule has 1 aliphatic heterocycles. The van der Waals surface area contributed by atoms with E-state index >= 15 is 0 Å². The molecule has 1 aromatic heterocycles. The zero-order valence-electron chi connectivity index (χ0n) is 15.2. The van der Waals surface area contributed by atoms with Gasteiger partial charge in [-0.3, -0.25) is 9.59 Å². The molecule has 0 unspecified atom stereocenters. The molecule has 0 saturated heterocycles. The number of ether oxygens (including phenoxy) is 4. The second-order valence-electron chi connectivity index (χ2n) is 5.94. The maximum Gasteiger partial charge on any atom is 0.325 e. The molecule has 0 bridgehead atoms. The number of rotatable bonds is 5. The summed E-state index contributed by atoms with van der Waals surface area (Å²) in [7, 11) is 1.27. The molecule has 1 amide bonds. The van der Waals surface area contributed by atoms with E-state index in [1.165, 1.54) is 36.6 Å². The van der Waals surface area contributed by atoms with E-state index in [1.54, 1.807) is 22.8 Å². The molecule has 10 heteroatoms. The Morgan fingerprint density at radius 3 is 2.76 bits per heavy atom. The SMILES string of the molecule is COC(=O)Cn1c(=NC(=O)COc2ccccc2F)sc2cc3c(cc21)OCO3. The molecule has 1 aliphatic rings. The number of thiazole rings is 1. The maximum absolute atomic E-state index is 13.6. The molecular formula is C19H15FN2O6S. The van der Waals surface area contributed by atoms with E-state index in [0.717, 1.165) is 4.70 Å². The fraction of sp³-hybridized carbons (Fsp3) is 0.211. The quantitative estimate of drug-likeness (QED) is 0.591. The van der Waals surface area contributed by atoms with Crippen molar-refractivity contribution in [3.63, 3.8) is 0 Å². The van der Waals surface area contributed by atoms with Gasteiger partial charge in [0.15, 0.2) is 34.5 Å². The second kappa shape index (κ2) is 7.92. The minimum Gasteiger partial charge on any atom is -0.481 e. The van der Waals surface area contributed by atoms with Crippen LogP contribution < -0.4 is 19.0 Å². The van der Waals surface area contributed by atoms with Crippen molar-refractivity contribution in [3.05, 3.63) is 47.0 Å². The number of amides is 1. The molecule has 3 aromatic rings. The molecule has 150 valence electrons. The molecule has 0 spiro atoms. The third-order valence-electron chi connectivity index (χ3n) is 4.10. The van der Waals surface area contributed by atoms with Crippen LogP contribution in [0.1, 0.15) is 0 Å². The average molecular weight is 418 g/mol. The van der Waals surface area contributed by atoms with Crippen molar-refractivity contribution < 1.29 is 32.9 Å². The summed E-state index contributed by atoms with van der Waals surface area (Å²) in [5.74, 6) is -0.630. The predicted octanol–water partition coefficient (Wildman–Crippen LogP) is 2.25. The van der Waals surface area contributed by atoms with E-state index in [1.807, 2.05) is 0 Å². The predicted molar refractivity (Wildman–Crippen MR) is 100 cm³/mol. The molecule has 8 nitrogen and oxygen atoms in total. The van der Waals surface area contributed by atoms with Crippen LogP contribution in [-0.4, -0.2) is 37.0 Å². The highest BCUT2D eigenvalue weighted by Gasteiger charge is 2.19. The van der Waals surface area contributed by atoms with Gasteiger partial charge in [0.1, 0.15) is 6.54 Å². The average Bonchev–Trinajstić information content (AvgIpc) is 3.29. The van der Waals surface area contributed by atoms with Gasteiger partial charge in [0.05, 0.1) is 17.3 Å². The Labute approximate surface area is 167 Å². The molecule has 0 fully saturated rings. The van der Waals surface area contributed by atoms with E-state index in [2.05, 4.69) is 4.99 Å². The Morgan fingerprint density at radius 1 is 1.24 bits per heavy atom. The molecular weight excluding hydrogens is 403 g/mol. The molecule has 0 radical (unpaired) electrons. The number of fused-ring (bicyclic) bond motifs is 2. The topological polar surface area (TPSA) is 88.4 Å². The largest absolute Gasteiger partial charge is 0.481 e. The Hall–Kier alpha value is -3.40. The molecule has 2 heterocycles. The number of para-hydroxylation sites is 1.